The molecule has 0 saturated carbocycles. The van der Waals surface area contributed by atoms with Crippen molar-refractivity contribution in [1.29, 1.82) is 5.26 Å². The van der Waals surface area contributed by atoms with Gasteiger partial charge in [-0.25, -0.2) is 9.46 Å². The summed E-state index contributed by atoms with van der Waals surface area (Å²) in [5.41, 5.74) is -0.908. The summed E-state index contributed by atoms with van der Waals surface area (Å²) in [6.45, 7) is 7.53. The lowest BCUT2D eigenvalue weighted by molar-refractivity contribution is -0.136. The summed E-state index contributed by atoms with van der Waals surface area (Å²) in [4.78, 5) is 39.9. The van der Waals surface area contributed by atoms with Crippen LogP contribution in [0.25, 0.3) is 0 Å². The standard InChI is InChI=1S/C42H52ClN4O10P/c1-29(2)47(41(3,4)22-10-24-44)58(50)57-37-35(56-39(38(37)54-28-53-26-23-43)46-25-21-36(48)45-40(46)49)27-55-42(30-11-8-7-9-12-30,31-13-17-33(51-5)18-14-31)32-15-19-34(52-6)20-16-32/h7-9,11-21,25,29,35,37-39,50H,10,22-23,26-28H2,1-6H3,(H,45,48,49)/t35-,37-,38-,39-,58?/m1/s1. The summed E-state index contributed by atoms with van der Waals surface area (Å²) >= 11 is 5.89. The van der Waals surface area contributed by atoms with Gasteiger partial charge in [-0.05, 0) is 75.1 Å². The molecular formula is C42H52ClN4O10P. The van der Waals surface area contributed by atoms with Gasteiger partial charge < -0.3 is 37.8 Å². The minimum Gasteiger partial charge on any atom is -0.497 e. The number of benzene rings is 3. The minimum absolute atomic E-state index is 0.155. The van der Waals surface area contributed by atoms with Crippen molar-refractivity contribution in [3.05, 3.63) is 129 Å². The SMILES string of the molecule is COc1ccc(C(OC[C@H]2O[C@@H](n3ccc(=O)[nH]c3=O)[C@H](OCOCCCl)[C@@H]2OP(O)N(C(C)C)C(C)(C)CCC#N)(c2ccccc2)c2ccc(OC)cc2)cc1. The molecule has 0 spiro atoms. The predicted octanol–water partition coefficient (Wildman–Crippen LogP) is 6.46. The summed E-state index contributed by atoms with van der Waals surface area (Å²) in [6.07, 6.45) is -2.27. The number of aromatic amines is 1. The average Bonchev–Trinajstić information content (AvgIpc) is 3.55. The van der Waals surface area contributed by atoms with Gasteiger partial charge in [0.2, 0.25) is 0 Å². The molecule has 1 aliphatic rings. The number of hydrogen-bond donors (Lipinski definition) is 2. The van der Waals surface area contributed by atoms with Gasteiger partial charge in [0.25, 0.3) is 14.1 Å². The molecule has 16 heteroatoms. The van der Waals surface area contributed by atoms with Crippen molar-refractivity contribution in [3.8, 4) is 17.6 Å². The molecule has 5 rings (SSSR count). The van der Waals surface area contributed by atoms with Crippen LogP contribution in [0.5, 0.6) is 11.5 Å². The van der Waals surface area contributed by atoms with Crippen LogP contribution < -0.4 is 20.7 Å². The van der Waals surface area contributed by atoms with Crippen LogP contribution in [-0.4, -0.2) is 89.1 Å². The average molecular weight is 839 g/mol. The van der Waals surface area contributed by atoms with E-state index in [0.29, 0.717) is 17.9 Å². The maximum atomic E-state index is 13.3. The van der Waals surface area contributed by atoms with Gasteiger partial charge in [0, 0.05) is 36.1 Å². The van der Waals surface area contributed by atoms with Gasteiger partial charge in [0.15, 0.2) is 6.23 Å². The first-order valence-electron chi connectivity index (χ1n) is 18.9. The lowest BCUT2D eigenvalue weighted by atomic mass is 9.80. The minimum atomic E-state index is -2.38. The van der Waals surface area contributed by atoms with Gasteiger partial charge >= 0.3 is 5.69 Å². The smallest absolute Gasteiger partial charge is 0.330 e. The van der Waals surface area contributed by atoms with Gasteiger partial charge in [-0.1, -0.05) is 54.6 Å². The van der Waals surface area contributed by atoms with E-state index < -0.39 is 55.5 Å². The number of nitriles is 1. The molecule has 1 aromatic heterocycles. The van der Waals surface area contributed by atoms with Gasteiger partial charge in [-0.3, -0.25) is 14.3 Å². The molecule has 0 radical (unpaired) electrons. The van der Waals surface area contributed by atoms with E-state index in [1.54, 1.807) is 14.2 Å². The highest BCUT2D eigenvalue weighted by molar-refractivity contribution is 7.43. The third-order valence-corrected chi connectivity index (χ3v) is 11.9. The van der Waals surface area contributed by atoms with Crippen LogP contribution in [0, 0.1) is 11.3 Å². The van der Waals surface area contributed by atoms with Crippen molar-refractivity contribution in [2.75, 3.05) is 40.1 Å². The molecule has 14 nitrogen and oxygen atoms in total. The van der Waals surface area contributed by atoms with E-state index in [0.717, 1.165) is 16.7 Å². The van der Waals surface area contributed by atoms with Gasteiger partial charge in [-0.15, -0.1) is 11.6 Å². The second kappa shape index (κ2) is 20.7. The lowest BCUT2D eigenvalue weighted by Crippen LogP contribution is -2.47. The number of nitrogens with zero attached hydrogens (tertiary/aromatic N) is 3. The molecule has 1 unspecified atom stereocenters. The molecule has 2 heterocycles. The van der Waals surface area contributed by atoms with E-state index in [2.05, 4.69) is 11.1 Å². The number of hydrogen-bond acceptors (Lipinski definition) is 12. The zero-order chi connectivity index (χ0) is 41.9. The summed E-state index contributed by atoms with van der Waals surface area (Å²) in [5.74, 6) is 1.52. The lowest BCUT2D eigenvalue weighted by Gasteiger charge is -2.43. The van der Waals surface area contributed by atoms with Crippen LogP contribution in [0.4, 0.5) is 0 Å². The second-order valence-electron chi connectivity index (χ2n) is 14.5. The predicted molar refractivity (Wildman–Crippen MR) is 220 cm³/mol. The molecule has 0 bridgehead atoms. The molecule has 3 aromatic carbocycles. The normalized spacial score (nSPS) is 19.0. The Bertz CT molecular complexity index is 2000. The maximum Gasteiger partial charge on any atom is 0.330 e. The number of H-pyrrole nitrogens is 1. The number of aromatic nitrogens is 2. The summed E-state index contributed by atoms with van der Waals surface area (Å²) < 4.78 is 46.6. The fourth-order valence-corrected chi connectivity index (χ4v) is 8.93. The Labute approximate surface area is 345 Å². The van der Waals surface area contributed by atoms with E-state index in [1.165, 1.54) is 16.8 Å². The number of alkyl halides is 1. The molecule has 0 amide bonds. The molecule has 1 fully saturated rings. The summed E-state index contributed by atoms with van der Waals surface area (Å²) in [6, 6.07) is 28.1. The summed E-state index contributed by atoms with van der Waals surface area (Å²) in [5, 5.41) is 9.42. The van der Waals surface area contributed by atoms with Crippen LogP contribution in [0.15, 0.2) is 101 Å². The Morgan fingerprint density at radius 2 is 1.55 bits per heavy atom. The zero-order valence-electron chi connectivity index (χ0n) is 33.6. The van der Waals surface area contributed by atoms with Gasteiger partial charge in [-0.2, -0.15) is 5.26 Å². The van der Waals surface area contributed by atoms with E-state index in [1.807, 2.05) is 111 Å². The molecule has 0 aliphatic carbocycles. The highest BCUT2D eigenvalue weighted by atomic mass is 35.5. The third-order valence-electron chi connectivity index (χ3n) is 9.97. The largest absolute Gasteiger partial charge is 0.497 e. The van der Waals surface area contributed by atoms with E-state index >= 15 is 0 Å². The van der Waals surface area contributed by atoms with Crippen molar-refractivity contribution in [2.24, 2.45) is 0 Å². The number of ether oxygens (including phenoxy) is 6. The molecule has 312 valence electrons. The third kappa shape index (κ3) is 10.4. The highest BCUT2D eigenvalue weighted by Gasteiger charge is 2.52. The van der Waals surface area contributed by atoms with E-state index in [4.69, 9.17) is 44.5 Å². The molecule has 58 heavy (non-hydrogen) atoms. The second-order valence-corrected chi connectivity index (χ2v) is 16.0. The van der Waals surface area contributed by atoms with Gasteiger partial charge in [0.05, 0.1) is 33.5 Å². The number of nitrogens with one attached hydrogen (secondary N) is 1. The van der Waals surface area contributed by atoms with Crippen molar-refractivity contribution in [2.45, 2.75) is 82.3 Å². The van der Waals surface area contributed by atoms with E-state index in [9.17, 15) is 19.7 Å². The fourth-order valence-electron chi connectivity index (χ4n) is 7.28. The number of rotatable bonds is 21. The topological polar surface area (TPSA) is 167 Å². The molecule has 1 aliphatic heterocycles. The van der Waals surface area contributed by atoms with Crippen molar-refractivity contribution >= 4 is 20.1 Å². The Hall–Kier alpha value is -4.13. The Morgan fingerprint density at radius 1 is 0.948 bits per heavy atom. The highest BCUT2D eigenvalue weighted by Crippen LogP contribution is 2.50. The molecule has 1 saturated heterocycles. The van der Waals surface area contributed by atoms with Crippen LogP contribution in [0.2, 0.25) is 0 Å². The quantitative estimate of drug-likeness (QED) is 0.0310. The van der Waals surface area contributed by atoms with Crippen LogP contribution in [-0.2, 0) is 29.1 Å². The molecule has 4 aromatic rings. The van der Waals surface area contributed by atoms with Crippen molar-refractivity contribution in [1.82, 2.24) is 14.2 Å². The Morgan fingerprint density at radius 3 is 2.09 bits per heavy atom. The van der Waals surface area contributed by atoms with Crippen molar-refractivity contribution < 1.29 is 37.8 Å². The Kier molecular flexibility index (Phi) is 16.1. The molecule has 5 atom stereocenters. The zero-order valence-corrected chi connectivity index (χ0v) is 35.2. The first kappa shape index (κ1) is 45.0. The fraction of sp³-hybridized carbons (Fsp3) is 0.452. The molecular weight excluding hydrogens is 787 g/mol. The van der Waals surface area contributed by atoms with Gasteiger partial charge in [0.1, 0.15) is 42.2 Å². The number of halogens is 1. The number of methoxy groups -OCH3 is 2. The monoisotopic (exact) mass is 838 g/mol. The molecule has 2 N–H and O–H groups in total. The van der Waals surface area contributed by atoms with Crippen LogP contribution in [0.3, 0.4) is 0 Å². The first-order valence-corrected chi connectivity index (χ1v) is 20.6. The maximum absolute atomic E-state index is 13.3. The van der Waals surface area contributed by atoms with E-state index in [-0.39, 0.29) is 38.3 Å². The first-order chi connectivity index (χ1) is 27.9. The summed E-state index contributed by atoms with van der Waals surface area (Å²) in [7, 11) is 0.814. The Balaban J connectivity index is 1.65. The van der Waals surface area contributed by atoms with Crippen LogP contribution in [0.1, 0.15) is 63.5 Å². The van der Waals surface area contributed by atoms with Crippen molar-refractivity contribution in [3.63, 3.8) is 0 Å². The van der Waals surface area contributed by atoms with Crippen LogP contribution >= 0.6 is 20.1 Å².